The summed E-state index contributed by atoms with van der Waals surface area (Å²) in [5.41, 5.74) is 4.65. The lowest BCUT2D eigenvalue weighted by molar-refractivity contribution is -0.140. The van der Waals surface area contributed by atoms with Crippen molar-refractivity contribution in [2.45, 2.75) is 101 Å². The molecule has 12 nitrogen and oxygen atoms in total. The number of nitrogens with zero attached hydrogens (tertiary/aromatic N) is 8. The number of ether oxygens (including phenoxy) is 2. The fourth-order valence-electron chi connectivity index (χ4n) is 9.76. The standard InChI is InChI=1S/C37H43ClF5N9O3/c1-48-9-2-5-25-26(48)17-51(25)34(53)32-30(38)27-16-49(10-4-12-52(27)47-32)33-21-18-54-28(29-22(37(41,42)43)6-7-23(44)31(29)40)13-24(21)45-35(46-33)55-19-36-8-3-11-50(36)15-20(39)14-36/h6-7,20,25-26,28H,2-5,8-19,44H2,1H3/t20-,25?,26?,28+,36+/m1/s1. The topological polar surface area (TPSA) is 118 Å². The number of carbonyl (C=O) groups excluding carboxylic acids is 1. The molecule has 296 valence electrons. The molecule has 5 atom stereocenters. The third-order valence-electron chi connectivity index (χ3n) is 12.6. The molecule has 55 heavy (non-hydrogen) atoms. The van der Waals surface area contributed by atoms with Gasteiger partial charge in [-0.25, -0.2) is 8.78 Å². The van der Waals surface area contributed by atoms with Crippen molar-refractivity contribution in [3.8, 4) is 6.01 Å². The number of hydrogen-bond donors (Lipinski definition) is 1. The Hall–Kier alpha value is -3.80. The molecule has 4 saturated heterocycles. The lowest BCUT2D eigenvalue weighted by atomic mass is 9.87. The van der Waals surface area contributed by atoms with E-state index in [1.165, 1.54) is 0 Å². The first kappa shape index (κ1) is 36.8. The summed E-state index contributed by atoms with van der Waals surface area (Å²) >= 11 is 6.99. The van der Waals surface area contributed by atoms with Crippen LogP contribution in [0.25, 0.3) is 0 Å². The fraction of sp³-hybridized carbons (Fsp3) is 0.622. The predicted molar refractivity (Wildman–Crippen MR) is 191 cm³/mol. The molecule has 0 spiro atoms. The van der Waals surface area contributed by atoms with Gasteiger partial charge in [0.25, 0.3) is 5.91 Å². The summed E-state index contributed by atoms with van der Waals surface area (Å²) in [6.45, 7) is 3.81. The maximum atomic E-state index is 15.5. The van der Waals surface area contributed by atoms with Crippen molar-refractivity contribution in [2.75, 3.05) is 57.0 Å². The van der Waals surface area contributed by atoms with E-state index in [-0.39, 0.29) is 54.9 Å². The average molecular weight is 792 g/mol. The minimum atomic E-state index is -4.86. The minimum Gasteiger partial charge on any atom is -0.461 e. The second-order valence-electron chi connectivity index (χ2n) is 15.9. The van der Waals surface area contributed by atoms with Crippen LogP contribution in [0.5, 0.6) is 6.01 Å². The van der Waals surface area contributed by atoms with Crippen LogP contribution in [-0.2, 0) is 37.0 Å². The molecule has 4 fully saturated rings. The maximum Gasteiger partial charge on any atom is 0.416 e. The average Bonchev–Trinajstić information content (AvgIpc) is 3.70. The third kappa shape index (κ3) is 6.29. The highest BCUT2D eigenvalue weighted by Gasteiger charge is 2.50. The summed E-state index contributed by atoms with van der Waals surface area (Å²) in [5.74, 6) is -0.966. The molecule has 1 amide bonds. The van der Waals surface area contributed by atoms with Crippen LogP contribution in [0.3, 0.4) is 0 Å². The zero-order valence-corrected chi connectivity index (χ0v) is 31.2. The van der Waals surface area contributed by atoms with Crippen molar-refractivity contribution in [3.05, 3.63) is 56.7 Å². The van der Waals surface area contributed by atoms with Crippen molar-refractivity contribution in [2.24, 2.45) is 0 Å². The van der Waals surface area contributed by atoms with Gasteiger partial charge in [-0.1, -0.05) is 11.6 Å². The zero-order valence-electron chi connectivity index (χ0n) is 30.4. The number of anilines is 2. The van der Waals surface area contributed by atoms with Gasteiger partial charge >= 0.3 is 12.2 Å². The van der Waals surface area contributed by atoms with Crippen molar-refractivity contribution in [1.82, 2.24) is 34.4 Å². The van der Waals surface area contributed by atoms with Crippen LogP contribution in [0, 0.1) is 5.82 Å². The Bertz CT molecular complexity index is 2020. The number of aryl methyl sites for hydroxylation is 1. The lowest BCUT2D eigenvalue weighted by Crippen LogP contribution is -2.69. The molecule has 8 heterocycles. The van der Waals surface area contributed by atoms with E-state index in [1.54, 1.807) is 4.68 Å². The van der Waals surface area contributed by atoms with Crippen molar-refractivity contribution < 1.29 is 36.2 Å². The third-order valence-corrected chi connectivity index (χ3v) is 13.0. The molecule has 1 aromatic carbocycles. The van der Waals surface area contributed by atoms with Gasteiger partial charge in [0.05, 0.1) is 52.5 Å². The van der Waals surface area contributed by atoms with Crippen LogP contribution in [-0.4, -0.2) is 111 Å². The Morgan fingerprint density at radius 3 is 2.76 bits per heavy atom. The van der Waals surface area contributed by atoms with E-state index in [4.69, 9.17) is 36.9 Å². The van der Waals surface area contributed by atoms with E-state index in [9.17, 15) is 22.4 Å². The van der Waals surface area contributed by atoms with Gasteiger partial charge in [0.1, 0.15) is 18.6 Å². The van der Waals surface area contributed by atoms with Crippen LogP contribution in [0.15, 0.2) is 12.1 Å². The summed E-state index contributed by atoms with van der Waals surface area (Å²) in [6, 6.07) is 2.08. The maximum absolute atomic E-state index is 15.5. The number of benzene rings is 1. The number of aromatic nitrogens is 4. The van der Waals surface area contributed by atoms with Crippen LogP contribution in [0.1, 0.15) is 83.2 Å². The molecule has 9 rings (SSSR count). The minimum absolute atomic E-state index is 0.0217. The second-order valence-corrected chi connectivity index (χ2v) is 16.3. The molecule has 18 heteroatoms. The number of rotatable bonds is 6. The van der Waals surface area contributed by atoms with E-state index in [0.29, 0.717) is 67.8 Å². The molecule has 0 radical (unpaired) electrons. The van der Waals surface area contributed by atoms with Crippen LogP contribution in [0.4, 0.5) is 33.5 Å². The summed E-state index contributed by atoms with van der Waals surface area (Å²) in [4.78, 5) is 31.6. The number of nitrogen functional groups attached to an aromatic ring is 1. The molecule has 0 bridgehead atoms. The number of alkyl halides is 4. The molecule has 2 aromatic heterocycles. The first-order valence-electron chi connectivity index (χ1n) is 19.0. The molecule has 6 aliphatic rings. The summed E-state index contributed by atoms with van der Waals surface area (Å²) in [6.07, 6.45) is -2.88. The van der Waals surface area contributed by atoms with Gasteiger partial charge < -0.3 is 25.0 Å². The highest BCUT2D eigenvalue weighted by Crippen LogP contribution is 2.45. The Labute approximate surface area is 319 Å². The number of nitrogens with two attached hydrogens (primary N) is 1. The van der Waals surface area contributed by atoms with E-state index in [1.807, 2.05) is 9.80 Å². The van der Waals surface area contributed by atoms with Crippen LogP contribution in [0.2, 0.25) is 5.02 Å². The molecular formula is C37H43ClF5N9O3. The number of likely N-dealkylation sites (N-methyl/N-ethyl adjacent to an activating group) is 1. The highest BCUT2D eigenvalue weighted by atomic mass is 35.5. The van der Waals surface area contributed by atoms with Crippen molar-refractivity contribution in [1.29, 1.82) is 0 Å². The number of halogens is 6. The van der Waals surface area contributed by atoms with Gasteiger partial charge in [-0.2, -0.15) is 28.2 Å². The predicted octanol–water partition coefficient (Wildman–Crippen LogP) is 5.16. The molecule has 0 aliphatic carbocycles. The number of amides is 1. The first-order valence-corrected chi connectivity index (χ1v) is 19.4. The van der Waals surface area contributed by atoms with Gasteiger partial charge in [-0.05, 0) is 64.4 Å². The summed E-state index contributed by atoms with van der Waals surface area (Å²) < 4.78 is 86.7. The lowest BCUT2D eigenvalue weighted by Gasteiger charge is -2.54. The van der Waals surface area contributed by atoms with Gasteiger partial charge in [0.2, 0.25) is 0 Å². The molecule has 0 saturated carbocycles. The largest absolute Gasteiger partial charge is 0.461 e. The smallest absolute Gasteiger partial charge is 0.416 e. The number of likely N-dealkylation sites (tertiary alicyclic amines) is 2. The second kappa shape index (κ2) is 13.7. The Morgan fingerprint density at radius 1 is 1.11 bits per heavy atom. The van der Waals surface area contributed by atoms with E-state index in [2.05, 4.69) is 21.8 Å². The summed E-state index contributed by atoms with van der Waals surface area (Å²) in [5, 5.41) is 4.96. The van der Waals surface area contributed by atoms with E-state index in [0.717, 1.165) is 50.9 Å². The highest BCUT2D eigenvalue weighted by molar-refractivity contribution is 6.34. The van der Waals surface area contributed by atoms with Crippen molar-refractivity contribution >= 4 is 29.0 Å². The Morgan fingerprint density at radius 2 is 1.95 bits per heavy atom. The zero-order chi connectivity index (χ0) is 38.4. The van der Waals surface area contributed by atoms with Gasteiger partial charge in [0.15, 0.2) is 11.5 Å². The van der Waals surface area contributed by atoms with Gasteiger partial charge in [-0.3, -0.25) is 19.3 Å². The van der Waals surface area contributed by atoms with E-state index >= 15 is 4.39 Å². The molecular weight excluding hydrogens is 749 g/mol. The van der Waals surface area contributed by atoms with E-state index < -0.39 is 46.6 Å². The first-order chi connectivity index (χ1) is 26.3. The number of hydrogen-bond acceptors (Lipinski definition) is 10. The van der Waals surface area contributed by atoms with Crippen LogP contribution < -0.4 is 15.4 Å². The molecule has 2 N–H and O–H groups in total. The Balaban J connectivity index is 1.05. The molecule has 3 aromatic rings. The molecule has 6 aliphatic heterocycles. The SMILES string of the molecule is CN1CCCC2C1CN2C(=O)c1nn2c(c1Cl)CN(c1nc(OC[C@@]34CCCN3C[C@H](F)C4)nc3c1CO[C@H](c1c(C(F)(F)F)ccc(N)c1F)C3)CCC2. The number of fused-ring (bicyclic) bond motifs is 4. The summed E-state index contributed by atoms with van der Waals surface area (Å²) in [7, 11) is 2.08. The quantitative estimate of drug-likeness (QED) is 0.265. The molecule has 2 unspecified atom stereocenters. The van der Waals surface area contributed by atoms with Crippen molar-refractivity contribution in [3.63, 3.8) is 0 Å². The van der Waals surface area contributed by atoms with Gasteiger partial charge in [0, 0.05) is 62.2 Å². The number of piperidine rings is 1. The Kier molecular flexibility index (Phi) is 9.17. The number of carbonyl (C=O) groups is 1. The monoisotopic (exact) mass is 791 g/mol. The van der Waals surface area contributed by atoms with Gasteiger partial charge in [-0.15, -0.1) is 0 Å². The fourth-order valence-corrected chi connectivity index (χ4v) is 10.0. The van der Waals surface area contributed by atoms with Crippen LogP contribution >= 0.6 is 11.6 Å². The normalized spacial score (nSPS) is 28.3.